The number of guanidine groups is 1. The third-order valence-corrected chi connectivity index (χ3v) is 4.41. The third-order valence-electron chi connectivity index (χ3n) is 4.41. The number of amides is 1. The van der Waals surface area contributed by atoms with Crippen LogP contribution in [0.3, 0.4) is 0 Å². The Morgan fingerprint density at radius 1 is 1.25 bits per heavy atom. The summed E-state index contributed by atoms with van der Waals surface area (Å²) in [5.74, 6) is -0.573. The van der Waals surface area contributed by atoms with Crippen molar-refractivity contribution in [2.24, 2.45) is 22.4 Å². The summed E-state index contributed by atoms with van der Waals surface area (Å²) in [4.78, 5) is 38.9. The van der Waals surface area contributed by atoms with Crippen molar-refractivity contribution in [1.82, 2.24) is 10.6 Å². The standard InChI is InChI=1S/C20H32N6O5.H2S/c1-13(2)11-17(25-18(27)16(21)5-4-10-24-20(22)23-3)19(28)31-12-14-6-8-15(9-7-14)26(29)30;/h6-9,13,16-17H,4-5,10-12,21H2,1-3H3,(H,25,27)(H3,22,23,24);1H2/t16-,17+;/m1./s1. The first-order chi connectivity index (χ1) is 14.6. The van der Waals surface area contributed by atoms with Gasteiger partial charge >= 0.3 is 5.97 Å². The van der Waals surface area contributed by atoms with Gasteiger partial charge in [0.2, 0.25) is 5.91 Å². The maximum atomic E-state index is 12.5. The van der Waals surface area contributed by atoms with Gasteiger partial charge in [0.15, 0.2) is 5.96 Å². The summed E-state index contributed by atoms with van der Waals surface area (Å²) >= 11 is 0. The SMILES string of the molecule is CN=C(N)NCCC[C@@H](N)C(=O)N[C@@H](CC(C)C)C(=O)OCc1ccc([N+](=O)[O-])cc1.S. The van der Waals surface area contributed by atoms with Crippen LogP contribution in [0.5, 0.6) is 0 Å². The van der Waals surface area contributed by atoms with Gasteiger partial charge in [-0.15, -0.1) is 0 Å². The Kier molecular flexibility index (Phi) is 13.7. The lowest BCUT2D eigenvalue weighted by Crippen LogP contribution is -2.49. The number of esters is 1. The maximum Gasteiger partial charge on any atom is 0.328 e. The zero-order valence-corrected chi connectivity index (χ0v) is 19.7. The molecule has 2 atom stereocenters. The largest absolute Gasteiger partial charge is 0.459 e. The van der Waals surface area contributed by atoms with Gasteiger partial charge in [-0.2, -0.15) is 13.5 Å². The van der Waals surface area contributed by atoms with Crippen LogP contribution < -0.4 is 22.1 Å². The molecular formula is C20H34N6O5S. The molecule has 11 nitrogen and oxygen atoms in total. The van der Waals surface area contributed by atoms with E-state index in [-0.39, 0.29) is 31.7 Å². The molecular weight excluding hydrogens is 436 g/mol. The molecule has 0 spiro atoms. The van der Waals surface area contributed by atoms with E-state index in [1.54, 1.807) is 7.05 Å². The van der Waals surface area contributed by atoms with Crippen molar-refractivity contribution in [3.8, 4) is 0 Å². The van der Waals surface area contributed by atoms with E-state index in [1.165, 1.54) is 24.3 Å². The Morgan fingerprint density at radius 3 is 2.41 bits per heavy atom. The highest BCUT2D eigenvalue weighted by molar-refractivity contribution is 7.59. The van der Waals surface area contributed by atoms with Gasteiger partial charge < -0.3 is 26.8 Å². The first-order valence-corrected chi connectivity index (χ1v) is 10.1. The Balaban J connectivity index is 0.00000961. The van der Waals surface area contributed by atoms with Gasteiger partial charge in [0.05, 0.1) is 11.0 Å². The van der Waals surface area contributed by atoms with E-state index in [0.717, 1.165) is 0 Å². The molecule has 0 unspecified atom stereocenters. The van der Waals surface area contributed by atoms with Crippen molar-refractivity contribution in [3.05, 3.63) is 39.9 Å². The van der Waals surface area contributed by atoms with Gasteiger partial charge in [-0.05, 0) is 42.9 Å². The van der Waals surface area contributed by atoms with E-state index in [4.69, 9.17) is 16.2 Å². The number of nitro benzene ring substituents is 1. The van der Waals surface area contributed by atoms with Crippen molar-refractivity contribution in [2.75, 3.05) is 13.6 Å². The fourth-order valence-corrected chi connectivity index (χ4v) is 2.68. The fourth-order valence-electron chi connectivity index (χ4n) is 2.68. The normalized spacial score (nSPS) is 13.0. The molecule has 1 aromatic carbocycles. The average molecular weight is 471 g/mol. The van der Waals surface area contributed by atoms with Crippen molar-refractivity contribution >= 4 is 37.0 Å². The number of nitrogens with one attached hydrogen (secondary N) is 2. The molecule has 1 amide bonds. The highest BCUT2D eigenvalue weighted by atomic mass is 32.1. The lowest BCUT2D eigenvalue weighted by Gasteiger charge is -2.21. The summed E-state index contributed by atoms with van der Waals surface area (Å²) in [6, 6.07) is 4.09. The van der Waals surface area contributed by atoms with Crippen molar-refractivity contribution < 1.29 is 19.2 Å². The molecule has 0 aliphatic heterocycles. The van der Waals surface area contributed by atoms with E-state index < -0.39 is 28.9 Å². The maximum absolute atomic E-state index is 12.5. The Labute approximate surface area is 194 Å². The number of aliphatic imine (C=N–C) groups is 1. The predicted molar refractivity (Wildman–Crippen MR) is 127 cm³/mol. The summed E-state index contributed by atoms with van der Waals surface area (Å²) in [6.07, 6.45) is 1.40. The molecule has 0 radical (unpaired) electrons. The minimum absolute atomic E-state index is 0. The number of carbonyl (C=O) groups excluding carboxylic acids is 2. The smallest absolute Gasteiger partial charge is 0.328 e. The van der Waals surface area contributed by atoms with Crippen LogP contribution >= 0.6 is 13.5 Å². The average Bonchev–Trinajstić information content (AvgIpc) is 2.73. The number of nitrogens with zero attached hydrogens (tertiary/aromatic N) is 2. The van der Waals surface area contributed by atoms with Crippen LogP contribution in [0.1, 0.15) is 38.7 Å². The molecule has 0 bridgehead atoms. The van der Waals surface area contributed by atoms with Gasteiger partial charge in [0.1, 0.15) is 12.6 Å². The Hall–Kier alpha value is -2.86. The van der Waals surface area contributed by atoms with E-state index >= 15 is 0 Å². The number of carbonyl (C=O) groups is 2. The molecule has 0 saturated carbocycles. The van der Waals surface area contributed by atoms with Crippen LogP contribution in [0.15, 0.2) is 29.3 Å². The Bertz CT molecular complexity index is 772. The third kappa shape index (κ3) is 11.0. The molecule has 0 saturated heterocycles. The number of benzene rings is 1. The zero-order chi connectivity index (χ0) is 23.4. The quantitative estimate of drug-likeness (QED) is 0.0870. The minimum atomic E-state index is -0.836. The molecule has 0 aliphatic rings. The summed E-state index contributed by atoms with van der Waals surface area (Å²) < 4.78 is 5.31. The van der Waals surface area contributed by atoms with Crippen LogP contribution in [0.2, 0.25) is 0 Å². The van der Waals surface area contributed by atoms with Crippen LogP contribution in [0, 0.1) is 16.0 Å². The lowest BCUT2D eigenvalue weighted by atomic mass is 10.0. The summed E-state index contributed by atoms with van der Waals surface area (Å²) in [7, 11) is 1.57. The monoisotopic (exact) mass is 470 g/mol. The summed E-state index contributed by atoms with van der Waals surface area (Å²) in [6.45, 7) is 4.32. The van der Waals surface area contributed by atoms with E-state index in [0.29, 0.717) is 37.3 Å². The van der Waals surface area contributed by atoms with Gasteiger partial charge in [0.25, 0.3) is 5.69 Å². The molecule has 1 aromatic rings. The molecule has 1 rings (SSSR count). The number of rotatable bonds is 12. The van der Waals surface area contributed by atoms with Crippen molar-refractivity contribution in [1.29, 1.82) is 0 Å². The lowest BCUT2D eigenvalue weighted by molar-refractivity contribution is -0.384. The number of ether oxygens (including phenoxy) is 1. The number of non-ortho nitro benzene ring substituents is 1. The highest BCUT2D eigenvalue weighted by Gasteiger charge is 2.25. The second-order valence-corrected chi connectivity index (χ2v) is 7.51. The molecule has 0 aliphatic carbocycles. The van der Waals surface area contributed by atoms with Gasteiger partial charge in [-0.3, -0.25) is 19.9 Å². The van der Waals surface area contributed by atoms with E-state index in [1.807, 2.05) is 13.8 Å². The molecule has 0 aromatic heterocycles. The van der Waals surface area contributed by atoms with Crippen LogP contribution in [-0.2, 0) is 20.9 Å². The molecule has 6 N–H and O–H groups in total. The molecule has 0 fully saturated rings. The van der Waals surface area contributed by atoms with Crippen LogP contribution in [0.25, 0.3) is 0 Å². The first kappa shape index (κ1) is 29.1. The number of nitro groups is 1. The highest BCUT2D eigenvalue weighted by Crippen LogP contribution is 2.14. The topological polar surface area (TPSA) is 175 Å². The number of nitrogens with two attached hydrogens (primary N) is 2. The van der Waals surface area contributed by atoms with Gasteiger partial charge in [0, 0.05) is 25.7 Å². The molecule has 12 heteroatoms. The number of hydrogen-bond acceptors (Lipinski definition) is 7. The summed E-state index contributed by atoms with van der Waals surface area (Å²) in [5.41, 5.74) is 12.0. The second-order valence-electron chi connectivity index (χ2n) is 7.51. The van der Waals surface area contributed by atoms with E-state index in [9.17, 15) is 19.7 Å². The molecule has 0 heterocycles. The minimum Gasteiger partial charge on any atom is -0.459 e. The number of hydrogen-bond donors (Lipinski definition) is 4. The van der Waals surface area contributed by atoms with Crippen molar-refractivity contribution in [2.45, 2.75) is 51.8 Å². The predicted octanol–water partition coefficient (Wildman–Crippen LogP) is 0.923. The summed E-state index contributed by atoms with van der Waals surface area (Å²) in [5, 5.41) is 16.3. The van der Waals surface area contributed by atoms with Crippen LogP contribution in [0.4, 0.5) is 5.69 Å². The van der Waals surface area contributed by atoms with Crippen LogP contribution in [-0.4, -0.2) is 48.4 Å². The van der Waals surface area contributed by atoms with Gasteiger partial charge in [-0.1, -0.05) is 13.8 Å². The first-order valence-electron chi connectivity index (χ1n) is 10.1. The molecule has 32 heavy (non-hydrogen) atoms. The second kappa shape index (κ2) is 15.0. The zero-order valence-electron chi connectivity index (χ0n) is 18.7. The van der Waals surface area contributed by atoms with Gasteiger partial charge in [-0.25, -0.2) is 4.79 Å². The molecule has 180 valence electrons. The van der Waals surface area contributed by atoms with Crippen molar-refractivity contribution in [3.63, 3.8) is 0 Å². The Morgan fingerprint density at radius 2 is 1.88 bits per heavy atom. The van der Waals surface area contributed by atoms with E-state index in [2.05, 4.69) is 15.6 Å². The fraction of sp³-hybridized carbons (Fsp3) is 0.550.